The Morgan fingerprint density at radius 2 is 1.59 bits per heavy atom. The smallest absolute Gasteiger partial charge is 0.236 e. The minimum absolute atomic E-state index is 0.215. The van der Waals surface area contributed by atoms with E-state index in [4.69, 9.17) is 0 Å². The summed E-state index contributed by atoms with van der Waals surface area (Å²) >= 11 is 0. The van der Waals surface area contributed by atoms with Crippen LogP contribution in [0, 0.1) is 11.6 Å². The molecule has 2 aliphatic heterocycles. The Labute approximate surface area is 158 Å². The quantitative estimate of drug-likeness (QED) is 0.813. The summed E-state index contributed by atoms with van der Waals surface area (Å²) in [5.41, 5.74) is 0.254. The monoisotopic (exact) mass is 380 g/mol. The number of hydrogen-bond donors (Lipinski definition) is 1. The second-order valence-electron chi connectivity index (χ2n) is 7.13. The molecule has 0 atom stereocenters. The summed E-state index contributed by atoms with van der Waals surface area (Å²) in [6.45, 7) is 6.08. The molecule has 0 aromatic heterocycles. The molecular weight excluding hydrogens is 354 g/mol. The van der Waals surface area contributed by atoms with E-state index in [1.165, 1.54) is 6.07 Å². The van der Waals surface area contributed by atoms with E-state index >= 15 is 0 Å². The molecule has 3 rings (SSSR count). The molecule has 0 unspecified atom stereocenters. The number of nitrogens with zero attached hydrogens (tertiary/aromatic N) is 3. The highest BCUT2D eigenvalue weighted by atomic mass is 19.2. The van der Waals surface area contributed by atoms with E-state index in [0.29, 0.717) is 13.1 Å². The van der Waals surface area contributed by atoms with Gasteiger partial charge >= 0.3 is 0 Å². The number of anilines is 1. The van der Waals surface area contributed by atoms with E-state index in [9.17, 15) is 18.4 Å². The van der Waals surface area contributed by atoms with Gasteiger partial charge in [-0.1, -0.05) is 0 Å². The molecule has 2 heterocycles. The van der Waals surface area contributed by atoms with Crippen molar-refractivity contribution in [2.75, 3.05) is 57.7 Å². The summed E-state index contributed by atoms with van der Waals surface area (Å²) in [6, 6.07) is 3.31. The molecule has 2 fully saturated rings. The highest BCUT2D eigenvalue weighted by Gasteiger charge is 2.23. The normalized spacial score (nSPS) is 18.7. The van der Waals surface area contributed by atoms with Gasteiger partial charge in [0.2, 0.25) is 11.8 Å². The van der Waals surface area contributed by atoms with Crippen molar-refractivity contribution < 1.29 is 18.4 Å². The zero-order chi connectivity index (χ0) is 19.2. The first-order chi connectivity index (χ1) is 13.0. The zero-order valence-electron chi connectivity index (χ0n) is 15.4. The van der Waals surface area contributed by atoms with Crippen LogP contribution in [-0.4, -0.2) is 78.9 Å². The van der Waals surface area contributed by atoms with E-state index in [2.05, 4.69) is 15.1 Å². The number of hydrogen-bond acceptors (Lipinski definition) is 4. The third-order valence-electron chi connectivity index (χ3n) is 5.14. The van der Waals surface area contributed by atoms with E-state index in [1.807, 2.05) is 4.90 Å². The van der Waals surface area contributed by atoms with E-state index in [1.54, 1.807) is 0 Å². The fourth-order valence-corrected chi connectivity index (χ4v) is 3.49. The van der Waals surface area contributed by atoms with Gasteiger partial charge < -0.3 is 15.1 Å². The third-order valence-corrected chi connectivity index (χ3v) is 5.14. The minimum Gasteiger partial charge on any atom is -0.342 e. The zero-order valence-corrected chi connectivity index (χ0v) is 15.4. The van der Waals surface area contributed by atoms with Gasteiger partial charge in [0.05, 0.1) is 6.54 Å². The van der Waals surface area contributed by atoms with Crippen LogP contribution < -0.4 is 5.32 Å². The minimum atomic E-state index is -0.979. The molecule has 0 bridgehead atoms. The van der Waals surface area contributed by atoms with Gasteiger partial charge in [0, 0.05) is 64.0 Å². The maximum Gasteiger partial charge on any atom is 0.236 e. The fraction of sp³-hybridized carbons (Fsp3) is 0.579. The SMILES string of the molecule is O=C(CCN1CCN(CC(=O)N2CCCC2)CC1)Nc1ccc(F)c(F)c1. The van der Waals surface area contributed by atoms with Gasteiger partial charge in [0.15, 0.2) is 11.6 Å². The number of piperazine rings is 1. The van der Waals surface area contributed by atoms with Gasteiger partial charge in [0.1, 0.15) is 0 Å². The second kappa shape index (κ2) is 9.23. The Morgan fingerprint density at radius 1 is 0.926 bits per heavy atom. The summed E-state index contributed by atoms with van der Waals surface area (Å²) in [5.74, 6) is -1.93. The predicted molar refractivity (Wildman–Crippen MR) is 98.3 cm³/mol. The number of carbonyl (C=O) groups is 2. The number of rotatable bonds is 6. The van der Waals surface area contributed by atoms with Crippen molar-refractivity contribution in [3.05, 3.63) is 29.8 Å². The van der Waals surface area contributed by atoms with Crippen LogP contribution in [0.2, 0.25) is 0 Å². The standard InChI is InChI=1S/C19H26F2N4O2/c20-16-4-3-15(13-17(16)21)22-18(26)5-8-23-9-11-24(12-10-23)14-19(27)25-6-1-2-7-25/h3-4,13H,1-2,5-12,14H2,(H,22,26). The van der Waals surface area contributed by atoms with Gasteiger partial charge in [0.25, 0.3) is 0 Å². The van der Waals surface area contributed by atoms with Crippen molar-refractivity contribution in [3.63, 3.8) is 0 Å². The molecule has 6 nitrogen and oxygen atoms in total. The largest absolute Gasteiger partial charge is 0.342 e. The molecular formula is C19H26F2N4O2. The van der Waals surface area contributed by atoms with Crippen molar-refractivity contribution in [1.82, 2.24) is 14.7 Å². The van der Waals surface area contributed by atoms with E-state index in [0.717, 1.165) is 64.2 Å². The summed E-state index contributed by atoms with van der Waals surface area (Å²) in [4.78, 5) is 30.5. The molecule has 2 aliphatic rings. The van der Waals surface area contributed by atoms with Crippen LogP contribution in [0.5, 0.6) is 0 Å². The van der Waals surface area contributed by atoms with E-state index in [-0.39, 0.29) is 23.9 Å². The molecule has 0 radical (unpaired) electrons. The Morgan fingerprint density at radius 3 is 2.26 bits per heavy atom. The van der Waals surface area contributed by atoms with Gasteiger partial charge in [-0.15, -0.1) is 0 Å². The van der Waals surface area contributed by atoms with Crippen LogP contribution in [0.25, 0.3) is 0 Å². The number of halogens is 2. The van der Waals surface area contributed by atoms with Crippen LogP contribution in [0.15, 0.2) is 18.2 Å². The molecule has 27 heavy (non-hydrogen) atoms. The van der Waals surface area contributed by atoms with Crippen LogP contribution in [0.3, 0.4) is 0 Å². The molecule has 1 N–H and O–H groups in total. The summed E-state index contributed by atoms with van der Waals surface area (Å²) in [7, 11) is 0. The topological polar surface area (TPSA) is 55.9 Å². The summed E-state index contributed by atoms with van der Waals surface area (Å²) in [5, 5.41) is 2.58. The lowest BCUT2D eigenvalue weighted by atomic mass is 10.2. The van der Waals surface area contributed by atoms with Crippen molar-refractivity contribution in [2.45, 2.75) is 19.3 Å². The highest BCUT2D eigenvalue weighted by molar-refractivity contribution is 5.90. The molecule has 0 saturated carbocycles. The van der Waals surface area contributed by atoms with Crippen molar-refractivity contribution in [2.24, 2.45) is 0 Å². The van der Waals surface area contributed by atoms with Crippen molar-refractivity contribution >= 4 is 17.5 Å². The maximum absolute atomic E-state index is 13.2. The lowest BCUT2D eigenvalue weighted by Gasteiger charge is -2.34. The third kappa shape index (κ3) is 5.71. The molecule has 0 spiro atoms. The van der Waals surface area contributed by atoms with Gasteiger partial charge in [-0.25, -0.2) is 8.78 Å². The summed E-state index contributed by atoms with van der Waals surface area (Å²) < 4.78 is 26.1. The van der Waals surface area contributed by atoms with Crippen LogP contribution >= 0.6 is 0 Å². The average Bonchev–Trinajstić information content (AvgIpc) is 3.19. The first kappa shape index (κ1) is 19.7. The van der Waals surface area contributed by atoms with Gasteiger partial charge in [-0.2, -0.15) is 0 Å². The second-order valence-corrected chi connectivity index (χ2v) is 7.13. The van der Waals surface area contributed by atoms with Crippen LogP contribution in [0.1, 0.15) is 19.3 Å². The Bertz CT molecular complexity index is 672. The molecule has 148 valence electrons. The Balaban J connectivity index is 1.34. The lowest BCUT2D eigenvalue weighted by molar-refractivity contribution is -0.131. The van der Waals surface area contributed by atoms with Crippen molar-refractivity contribution in [3.8, 4) is 0 Å². The Kier molecular flexibility index (Phi) is 6.73. The number of carbonyl (C=O) groups excluding carboxylic acids is 2. The van der Waals surface area contributed by atoms with Crippen LogP contribution in [0.4, 0.5) is 14.5 Å². The first-order valence-corrected chi connectivity index (χ1v) is 9.48. The van der Waals surface area contributed by atoms with Crippen LogP contribution in [-0.2, 0) is 9.59 Å². The fourth-order valence-electron chi connectivity index (χ4n) is 3.49. The van der Waals surface area contributed by atoms with Crippen molar-refractivity contribution in [1.29, 1.82) is 0 Å². The molecule has 2 saturated heterocycles. The molecule has 1 aromatic rings. The number of amides is 2. The van der Waals surface area contributed by atoms with Gasteiger partial charge in [-0.3, -0.25) is 14.5 Å². The van der Waals surface area contributed by atoms with E-state index < -0.39 is 11.6 Å². The first-order valence-electron chi connectivity index (χ1n) is 9.48. The number of likely N-dealkylation sites (tertiary alicyclic amines) is 1. The average molecular weight is 380 g/mol. The molecule has 1 aromatic carbocycles. The van der Waals surface area contributed by atoms with Gasteiger partial charge in [-0.05, 0) is 25.0 Å². The lowest BCUT2D eigenvalue weighted by Crippen LogP contribution is -2.50. The predicted octanol–water partition coefficient (Wildman–Crippen LogP) is 1.53. The molecule has 0 aliphatic carbocycles. The highest BCUT2D eigenvalue weighted by Crippen LogP contribution is 2.14. The molecule has 8 heteroatoms. The summed E-state index contributed by atoms with van der Waals surface area (Å²) in [6.07, 6.45) is 2.49. The molecule has 2 amide bonds. The number of nitrogens with one attached hydrogen (secondary N) is 1. The number of benzene rings is 1. The maximum atomic E-state index is 13.2. The Hall–Kier alpha value is -2.06.